The third kappa shape index (κ3) is 3.49. The maximum atomic E-state index is 12.1. The molecule has 0 saturated heterocycles. The van der Waals surface area contributed by atoms with Gasteiger partial charge in [0.15, 0.2) is 0 Å². The van der Waals surface area contributed by atoms with Crippen molar-refractivity contribution in [2.75, 3.05) is 0 Å². The quantitative estimate of drug-likeness (QED) is 0.873. The van der Waals surface area contributed by atoms with Crippen molar-refractivity contribution in [3.05, 3.63) is 33.3 Å². The predicted molar refractivity (Wildman–Crippen MR) is 59.2 cm³/mol. The van der Waals surface area contributed by atoms with E-state index in [0.717, 1.165) is 10.0 Å². The van der Waals surface area contributed by atoms with Crippen LogP contribution < -0.4 is 0 Å². The van der Waals surface area contributed by atoms with E-state index in [1.165, 1.54) is 0 Å². The SMILES string of the molecule is Cc1cc(C(O)CC(F)(F)F)c(C)cc1Br. The Hall–Kier alpha value is -0.550. The summed E-state index contributed by atoms with van der Waals surface area (Å²) in [5.74, 6) is 0. The van der Waals surface area contributed by atoms with Gasteiger partial charge in [-0.25, -0.2) is 0 Å². The fraction of sp³-hybridized carbons (Fsp3) is 0.455. The number of benzene rings is 1. The van der Waals surface area contributed by atoms with Gasteiger partial charge in [-0.2, -0.15) is 13.2 Å². The molecule has 1 unspecified atom stereocenters. The first-order chi connectivity index (χ1) is 7.20. The summed E-state index contributed by atoms with van der Waals surface area (Å²) < 4.78 is 37.2. The number of aliphatic hydroxyl groups is 1. The average Bonchev–Trinajstić information content (AvgIpc) is 2.08. The Kier molecular flexibility index (Phi) is 4.02. The first-order valence-electron chi connectivity index (χ1n) is 4.72. The Balaban J connectivity index is 3.00. The molecule has 0 radical (unpaired) electrons. The zero-order chi connectivity index (χ0) is 12.5. The van der Waals surface area contributed by atoms with Crippen molar-refractivity contribution >= 4 is 15.9 Å². The highest BCUT2D eigenvalue weighted by Crippen LogP contribution is 2.32. The summed E-state index contributed by atoms with van der Waals surface area (Å²) in [4.78, 5) is 0. The molecule has 0 aliphatic heterocycles. The van der Waals surface area contributed by atoms with Crippen molar-refractivity contribution in [1.29, 1.82) is 0 Å². The first kappa shape index (κ1) is 13.5. The summed E-state index contributed by atoms with van der Waals surface area (Å²) in [5.41, 5.74) is 1.79. The van der Waals surface area contributed by atoms with Crippen LogP contribution in [-0.4, -0.2) is 11.3 Å². The molecule has 0 bridgehead atoms. The zero-order valence-electron chi connectivity index (χ0n) is 8.90. The lowest BCUT2D eigenvalue weighted by Crippen LogP contribution is -2.14. The minimum Gasteiger partial charge on any atom is -0.388 e. The number of alkyl halides is 3. The number of halogens is 4. The molecule has 1 nitrogen and oxygen atoms in total. The molecule has 0 heterocycles. The number of rotatable bonds is 2. The van der Waals surface area contributed by atoms with Crippen LogP contribution in [0.5, 0.6) is 0 Å². The van der Waals surface area contributed by atoms with E-state index in [1.54, 1.807) is 26.0 Å². The van der Waals surface area contributed by atoms with Crippen molar-refractivity contribution in [3.8, 4) is 0 Å². The topological polar surface area (TPSA) is 20.2 Å². The normalized spacial score (nSPS) is 13.9. The lowest BCUT2D eigenvalue weighted by molar-refractivity contribution is -0.154. The second-order valence-electron chi connectivity index (χ2n) is 3.79. The third-order valence-electron chi connectivity index (χ3n) is 2.33. The molecule has 1 aromatic rings. The van der Waals surface area contributed by atoms with Crippen LogP contribution in [0.3, 0.4) is 0 Å². The Morgan fingerprint density at radius 1 is 1.25 bits per heavy atom. The van der Waals surface area contributed by atoms with E-state index < -0.39 is 18.7 Å². The Morgan fingerprint density at radius 2 is 1.81 bits per heavy atom. The third-order valence-corrected chi connectivity index (χ3v) is 3.19. The summed E-state index contributed by atoms with van der Waals surface area (Å²) in [6.07, 6.45) is -7.06. The number of aryl methyl sites for hydroxylation is 2. The molecule has 90 valence electrons. The molecule has 0 aliphatic rings. The van der Waals surface area contributed by atoms with Crippen molar-refractivity contribution in [2.24, 2.45) is 0 Å². The van der Waals surface area contributed by atoms with Crippen molar-refractivity contribution in [2.45, 2.75) is 32.5 Å². The van der Waals surface area contributed by atoms with Gasteiger partial charge in [-0.3, -0.25) is 0 Å². The van der Waals surface area contributed by atoms with Crippen LogP contribution in [0.1, 0.15) is 29.2 Å². The van der Waals surface area contributed by atoms with Gasteiger partial charge in [0.05, 0.1) is 12.5 Å². The molecule has 0 spiro atoms. The highest BCUT2D eigenvalue weighted by atomic mass is 79.9. The molecule has 5 heteroatoms. The molecule has 0 fully saturated rings. The van der Waals surface area contributed by atoms with Crippen molar-refractivity contribution in [1.82, 2.24) is 0 Å². The summed E-state index contributed by atoms with van der Waals surface area (Å²) in [5, 5.41) is 9.52. The molecular weight excluding hydrogens is 285 g/mol. The Bertz CT molecular complexity index is 388. The summed E-state index contributed by atoms with van der Waals surface area (Å²) in [6, 6.07) is 3.29. The van der Waals surface area contributed by atoms with Gasteiger partial charge >= 0.3 is 6.18 Å². The molecule has 0 aliphatic carbocycles. The Labute approximate surface area is 100 Å². The van der Waals surface area contributed by atoms with Crippen LogP contribution in [0.25, 0.3) is 0 Å². The van der Waals surface area contributed by atoms with Crippen LogP contribution in [-0.2, 0) is 0 Å². The molecule has 1 aromatic carbocycles. The minimum absolute atomic E-state index is 0.332. The fourth-order valence-corrected chi connectivity index (χ4v) is 1.95. The monoisotopic (exact) mass is 296 g/mol. The van der Waals surface area contributed by atoms with Gasteiger partial charge < -0.3 is 5.11 Å². The number of hydrogen-bond acceptors (Lipinski definition) is 1. The number of hydrogen-bond donors (Lipinski definition) is 1. The van der Waals surface area contributed by atoms with E-state index >= 15 is 0 Å². The van der Waals surface area contributed by atoms with E-state index in [-0.39, 0.29) is 0 Å². The molecular formula is C11H12BrF3O. The number of aliphatic hydroxyl groups excluding tert-OH is 1. The first-order valence-corrected chi connectivity index (χ1v) is 5.51. The van der Waals surface area contributed by atoms with E-state index in [2.05, 4.69) is 15.9 Å². The van der Waals surface area contributed by atoms with E-state index in [0.29, 0.717) is 11.1 Å². The predicted octanol–water partition coefficient (Wildman–Crippen LogP) is 4.05. The van der Waals surface area contributed by atoms with Gasteiger partial charge in [0.2, 0.25) is 0 Å². The average molecular weight is 297 g/mol. The van der Waals surface area contributed by atoms with Crippen molar-refractivity contribution < 1.29 is 18.3 Å². The molecule has 1 N–H and O–H groups in total. The molecule has 16 heavy (non-hydrogen) atoms. The highest BCUT2D eigenvalue weighted by molar-refractivity contribution is 9.10. The van der Waals surface area contributed by atoms with Crippen molar-refractivity contribution in [3.63, 3.8) is 0 Å². The molecule has 1 atom stereocenters. The van der Waals surface area contributed by atoms with Crippen LogP contribution in [0.15, 0.2) is 16.6 Å². The maximum absolute atomic E-state index is 12.1. The van der Waals surface area contributed by atoms with Gasteiger partial charge in [-0.1, -0.05) is 22.0 Å². The smallest absolute Gasteiger partial charge is 0.388 e. The summed E-state index contributed by atoms with van der Waals surface area (Å²) in [6.45, 7) is 3.45. The molecule has 0 aromatic heterocycles. The van der Waals surface area contributed by atoms with Gasteiger partial charge in [0, 0.05) is 4.47 Å². The summed E-state index contributed by atoms with van der Waals surface area (Å²) >= 11 is 3.29. The van der Waals surface area contributed by atoms with E-state index in [9.17, 15) is 18.3 Å². The zero-order valence-corrected chi connectivity index (χ0v) is 10.5. The second kappa shape index (κ2) is 4.75. The van der Waals surface area contributed by atoms with Crippen LogP contribution >= 0.6 is 15.9 Å². The van der Waals surface area contributed by atoms with E-state index in [4.69, 9.17) is 0 Å². The lowest BCUT2D eigenvalue weighted by Gasteiger charge is -2.17. The maximum Gasteiger partial charge on any atom is 0.391 e. The minimum atomic E-state index is -4.35. The van der Waals surface area contributed by atoms with Gasteiger partial charge in [-0.15, -0.1) is 0 Å². The molecule has 0 saturated carbocycles. The van der Waals surface area contributed by atoms with Gasteiger partial charge in [-0.05, 0) is 36.6 Å². The standard InChI is InChI=1S/C11H12BrF3O/c1-6-4-9(12)7(2)3-8(6)10(16)5-11(13,14)15/h3-4,10,16H,5H2,1-2H3. The van der Waals surface area contributed by atoms with Crippen LogP contribution in [0.4, 0.5) is 13.2 Å². The van der Waals surface area contributed by atoms with E-state index in [1.807, 2.05) is 0 Å². The van der Waals surface area contributed by atoms with Gasteiger partial charge in [0.1, 0.15) is 0 Å². The highest BCUT2D eigenvalue weighted by Gasteiger charge is 2.32. The fourth-order valence-electron chi connectivity index (χ4n) is 1.49. The molecule has 0 amide bonds. The summed E-state index contributed by atoms with van der Waals surface area (Å²) in [7, 11) is 0. The largest absolute Gasteiger partial charge is 0.391 e. The van der Waals surface area contributed by atoms with Gasteiger partial charge in [0.25, 0.3) is 0 Å². The van der Waals surface area contributed by atoms with Crippen LogP contribution in [0.2, 0.25) is 0 Å². The second-order valence-corrected chi connectivity index (χ2v) is 4.65. The Morgan fingerprint density at radius 3 is 2.31 bits per heavy atom. The van der Waals surface area contributed by atoms with Crippen LogP contribution in [0, 0.1) is 13.8 Å². The molecule has 1 rings (SSSR count). The lowest BCUT2D eigenvalue weighted by atomic mass is 9.99.